The summed E-state index contributed by atoms with van der Waals surface area (Å²) in [6.07, 6.45) is 0. The fraction of sp³-hybridized carbons (Fsp3) is 0.250. The minimum Gasteiger partial charge on any atom is -0.481 e. The maximum atomic E-state index is 12.3. The molecule has 1 amide bonds. The number of nitrogens with one attached hydrogen (secondary N) is 2. The van der Waals surface area contributed by atoms with Gasteiger partial charge in [-0.15, -0.1) is 0 Å². The normalized spacial score (nSPS) is 11.5. The second-order valence-electron chi connectivity index (χ2n) is 4.91. The molecule has 1 aromatic carbocycles. The monoisotopic (exact) mass is 363 g/mol. The van der Waals surface area contributed by atoms with Crippen molar-refractivity contribution in [1.29, 1.82) is 0 Å². The summed E-state index contributed by atoms with van der Waals surface area (Å²) >= 11 is 1.09. The van der Waals surface area contributed by atoms with Gasteiger partial charge in [-0.3, -0.25) is 9.59 Å². The first kappa shape index (κ1) is 18.5. The van der Waals surface area contributed by atoms with Gasteiger partial charge in [-0.2, -0.15) is 4.98 Å². The van der Waals surface area contributed by atoms with Gasteiger partial charge in [-0.1, -0.05) is 11.8 Å². The van der Waals surface area contributed by atoms with E-state index < -0.39 is 11.2 Å². The molecule has 0 aliphatic rings. The van der Waals surface area contributed by atoms with Gasteiger partial charge in [0.2, 0.25) is 11.8 Å². The third-order valence-electron chi connectivity index (χ3n) is 3.14. The number of methoxy groups -OCH3 is 2. The lowest BCUT2D eigenvalue weighted by molar-refractivity contribution is -0.115. The number of anilines is 1. The number of aromatic nitrogens is 2. The number of hydrogen-bond donors (Lipinski definition) is 2. The van der Waals surface area contributed by atoms with E-state index in [9.17, 15) is 14.4 Å². The highest BCUT2D eigenvalue weighted by atomic mass is 32.2. The van der Waals surface area contributed by atoms with Crippen molar-refractivity contribution in [3.63, 3.8) is 0 Å². The van der Waals surface area contributed by atoms with Crippen LogP contribution in [0.3, 0.4) is 0 Å². The second kappa shape index (κ2) is 8.34. The number of benzene rings is 1. The van der Waals surface area contributed by atoms with Gasteiger partial charge in [0.05, 0.1) is 31.1 Å². The lowest BCUT2D eigenvalue weighted by Gasteiger charge is -2.12. The predicted octanol–water partition coefficient (Wildman–Crippen LogP) is 1.68. The highest BCUT2D eigenvalue weighted by Crippen LogP contribution is 2.21. The summed E-state index contributed by atoms with van der Waals surface area (Å²) in [6.45, 7) is 1.68. The molecule has 25 heavy (non-hydrogen) atoms. The summed E-state index contributed by atoms with van der Waals surface area (Å²) in [5, 5.41) is 2.49. The van der Waals surface area contributed by atoms with Crippen LogP contribution in [-0.2, 0) is 9.53 Å². The minimum atomic E-state index is -0.518. The van der Waals surface area contributed by atoms with Crippen LogP contribution >= 0.6 is 11.8 Å². The molecule has 2 rings (SSSR count). The maximum Gasteiger partial charge on any atom is 0.337 e. The molecule has 0 radical (unpaired) electrons. The number of thioether (sulfide) groups is 1. The van der Waals surface area contributed by atoms with Crippen molar-refractivity contribution in [3.05, 3.63) is 46.2 Å². The predicted molar refractivity (Wildman–Crippen MR) is 93.1 cm³/mol. The molecule has 1 aromatic heterocycles. The molecule has 1 atom stereocenters. The second-order valence-corrected chi connectivity index (χ2v) is 6.24. The smallest absolute Gasteiger partial charge is 0.337 e. The van der Waals surface area contributed by atoms with Crippen molar-refractivity contribution in [2.24, 2.45) is 0 Å². The average molecular weight is 363 g/mol. The number of esters is 1. The van der Waals surface area contributed by atoms with Crippen LogP contribution in [0.15, 0.2) is 40.3 Å². The standard InChI is InChI=1S/C16H17N3O5S/c1-9(25-16-18-12(20)8-13(19-16)23-2)14(21)17-11-6-4-10(5-7-11)15(22)24-3/h4-9H,1-3H3,(H,17,21)(H,18,19,20). The van der Waals surface area contributed by atoms with Crippen LogP contribution in [0.1, 0.15) is 17.3 Å². The van der Waals surface area contributed by atoms with Gasteiger partial charge in [-0.25, -0.2) is 4.79 Å². The summed E-state index contributed by atoms with van der Waals surface area (Å²) in [5.41, 5.74) is 0.568. The summed E-state index contributed by atoms with van der Waals surface area (Å²) in [4.78, 5) is 41.8. The fourth-order valence-electron chi connectivity index (χ4n) is 1.85. The topological polar surface area (TPSA) is 110 Å². The number of H-pyrrole nitrogens is 1. The molecule has 0 aliphatic carbocycles. The van der Waals surface area contributed by atoms with E-state index >= 15 is 0 Å². The molecule has 0 aliphatic heterocycles. The Bertz CT molecular complexity index is 819. The van der Waals surface area contributed by atoms with Gasteiger partial charge in [0.25, 0.3) is 5.56 Å². The van der Waals surface area contributed by atoms with Crippen molar-refractivity contribution in [2.45, 2.75) is 17.3 Å². The van der Waals surface area contributed by atoms with E-state index in [0.717, 1.165) is 11.8 Å². The van der Waals surface area contributed by atoms with Crippen molar-refractivity contribution < 1.29 is 19.1 Å². The van der Waals surface area contributed by atoms with Crippen LogP contribution in [0, 0.1) is 0 Å². The molecule has 1 heterocycles. The van der Waals surface area contributed by atoms with Gasteiger partial charge in [0, 0.05) is 5.69 Å². The molecule has 1 unspecified atom stereocenters. The van der Waals surface area contributed by atoms with Crippen LogP contribution in [0.25, 0.3) is 0 Å². The largest absolute Gasteiger partial charge is 0.481 e. The average Bonchev–Trinajstić information content (AvgIpc) is 2.61. The SMILES string of the molecule is COC(=O)c1ccc(NC(=O)C(C)Sc2nc(OC)cc(=O)[nH]2)cc1. The zero-order valence-corrected chi connectivity index (χ0v) is 14.7. The van der Waals surface area contributed by atoms with E-state index in [2.05, 4.69) is 20.0 Å². The molecule has 0 spiro atoms. The molecule has 0 fully saturated rings. The van der Waals surface area contributed by atoms with E-state index in [1.165, 1.54) is 20.3 Å². The summed E-state index contributed by atoms with van der Waals surface area (Å²) < 4.78 is 9.54. The van der Waals surface area contributed by atoms with Crippen LogP contribution in [0.5, 0.6) is 5.88 Å². The Hall–Kier alpha value is -2.81. The molecule has 8 nitrogen and oxygen atoms in total. The van der Waals surface area contributed by atoms with E-state index in [0.29, 0.717) is 11.3 Å². The van der Waals surface area contributed by atoms with E-state index in [4.69, 9.17) is 4.74 Å². The van der Waals surface area contributed by atoms with Crippen molar-refractivity contribution in [3.8, 4) is 5.88 Å². The summed E-state index contributed by atoms with van der Waals surface area (Å²) in [7, 11) is 2.71. The van der Waals surface area contributed by atoms with Crippen LogP contribution < -0.4 is 15.6 Å². The number of aromatic amines is 1. The zero-order chi connectivity index (χ0) is 18.4. The van der Waals surface area contributed by atoms with Crippen LogP contribution in [-0.4, -0.2) is 41.3 Å². The molecule has 132 valence electrons. The third-order valence-corrected chi connectivity index (χ3v) is 4.12. The van der Waals surface area contributed by atoms with Gasteiger partial charge in [-0.05, 0) is 31.2 Å². The van der Waals surface area contributed by atoms with Crippen molar-refractivity contribution in [1.82, 2.24) is 9.97 Å². The Kier molecular flexibility index (Phi) is 6.18. The maximum absolute atomic E-state index is 12.3. The van der Waals surface area contributed by atoms with E-state index in [1.54, 1.807) is 31.2 Å². The zero-order valence-electron chi connectivity index (χ0n) is 13.9. The number of ether oxygens (including phenoxy) is 2. The number of hydrogen-bond acceptors (Lipinski definition) is 7. The van der Waals surface area contributed by atoms with Crippen LogP contribution in [0.4, 0.5) is 5.69 Å². The molecule has 2 N–H and O–H groups in total. The van der Waals surface area contributed by atoms with Gasteiger partial charge >= 0.3 is 5.97 Å². The first-order valence-corrected chi connectivity index (χ1v) is 8.12. The number of carbonyl (C=O) groups excluding carboxylic acids is 2. The Morgan fingerprint density at radius 1 is 1.24 bits per heavy atom. The van der Waals surface area contributed by atoms with E-state index in [-0.39, 0.29) is 22.5 Å². The Morgan fingerprint density at radius 3 is 2.52 bits per heavy atom. The minimum absolute atomic E-state index is 0.178. The molecular formula is C16H17N3O5S. The number of carbonyl (C=O) groups is 2. The summed E-state index contributed by atoms with van der Waals surface area (Å²) in [5.74, 6) is -0.548. The highest BCUT2D eigenvalue weighted by molar-refractivity contribution is 8.00. The summed E-state index contributed by atoms with van der Waals surface area (Å²) in [6, 6.07) is 7.54. The Morgan fingerprint density at radius 2 is 1.92 bits per heavy atom. The fourth-order valence-corrected chi connectivity index (χ4v) is 2.65. The van der Waals surface area contributed by atoms with E-state index in [1.807, 2.05) is 0 Å². The first-order valence-electron chi connectivity index (χ1n) is 7.24. The number of amides is 1. The van der Waals surface area contributed by atoms with Gasteiger partial charge in [0.15, 0.2) is 5.16 Å². The first-order chi connectivity index (χ1) is 11.9. The van der Waals surface area contributed by atoms with Gasteiger partial charge in [0.1, 0.15) is 0 Å². The number of nitrogens with zero attached hydrogens (tertiary/aromatic N) is 1. The Balaban J connectivity index is 2.01. The molecular weight excluding hydrogens is 346 g/mol. The molecule has 0 bridgehead atoms. The number of rotatable bonds is 6. The van der Waals surface area contributed by atoms with Crippen molar-refractivity contribution in [2.75, 3.05) is 19.5 Å². The lowest BCUT2D eigenvalue weighted by Crippen LogP contribution is -2.23. The van der Waals surface area contributed by atoms with Crippen LogP contribution in [0.2, 0.25) is 0 Å². The molecule has 2 aromatic rings. The highest BCUT2D eigenvalue weighted by Gasteiger charge is 2.17. The quantitative estimate of drug-likeness (QED) is 0.456. The third kappa shape index (κ3) is 5.08. The van der Waals surface area contributed by atoms with Gasteiger partial charge < -0.3 is 19.8 Å². The molecule has 9 heteroatoms. The van der Waals surface area contributed by atoms with Crippen molar-refractivity contribution >= 4 is 29.3 Å². The molecule has 0 saturated carbocycles. The molecule has 0 saturated heterocycles. The Labute approximate surface area is 148 Å². The lowest BCUT2D eigenvalue weighted by atomic mass is 10.2.